The second-order valence-electron chi connectivity index (χ2n) is 5.62. The monoisotopic (exact) mass is 354 g/mol. The summed E-state index contributed by atoms with van der Waals surface area (Å²) in [5.41, 5.74) is 13.1. The van der Waals surface area contributed by atoms with Crippen LogP contribution in [0.15, 0.2) is 34.5 Å². The predicted molar refractivity (Wildman–Crippen MR) is 90.5 cm³/mol. The van der Waals surface area contributed by atoms with Crippen molar-refractivity contribution >= 4 is 40.5 Å². The lowest BCUT2D eigenvalue weighted by molar-refractivity contribution is 0.308. The van der Waals surface area contributed by atoms with Gasteiger partial charge in [0.25, 0.3) is 0 Å². The fourth-order valence-electron chi connectivity index (χ4n) is 2.41. The van der Waals surface area contributed by atoms with Gasteiger partial charge >= 0.3 is 0 Å². The zero-order chi connectivity index (χ0) is 16.7. The molecule has 9 heteroatoms. The van der Waals surface area contributed by atoms with Gasteiger partial charge < -0.3 is 16.4 Å². The van der Waals surface area contributed by atoms with Gasteiger partial charge in [0, 0.05) is 6.54 Å². The van der Waals surface area contributed by atoms with Crippen LogP contribution >= 0.6 is 23.2 Å². The Morgan fingerprint density at radius 3 is 2.43 bits per heavy atom. The summed E-state index contributed by atoms with van der Waals surface area (Å²) >= 11 is 12.1. The summed E-state index contributed by atoms with van der Waals surface area (Å²) in [5, 5.41) is 8.77. The van der Waals surface area contributed by atoms with Crippen molar-refractivity contribution in [2.24, 2.45) is 17.4 Å². The van der Waals surface area contributed by atoms with Gasteiger partial charge in [0.1, 0.15) is 5.82 Å². The molecule has 1 aliphatic heterocycles. The van der Waals surface area contributed by atoms with Crippen molar-refractivity contribution in [1.82, 2.24) is 10.3 Å². The van der Waals surface area contributed by atoms with Crippen molar-refractivity contribution in [1.29, 1.82) is 0 Å². The van der Waals surface area contributed by atoms with Crippen LogP contribution in [0.5, 0.6) is 0 Å². The first-order valence-corrected chi connectivity index (χ1v) is 7.76. The Bertz CT molecular complexity index is 772. The molecule has 0 unspecified atom stereocenters. The SMILES string of the molecule is CC(C)CN1C(N)=C(N)N(c2ccc(Cl)c(Cl)c2)c2nonc21. The molecule has 0 atom stereocenters. The number of aromatic nitrogens is 2. The highest BCUT2D eigenvalue weighted by Crippen LogP contribution is 2.40. The van der Waals surface area contributed by atoms with E-state index in [0.717, 1.165) is 0 Å². The fourth-order valence-corrected chi connectivity index (χ4v) is 2.70. The molecule has 0 aliphatic carbocycles. The highest BCUT2D eigenvalue weighted by Gasteiger charge is 2.34. The van der Waals surface area contributed by atoms with E-state index < -0.39 is 0 Å². The quantitative estimate of drug-likeness (QED) is 0.873. The Kier molecular flexibility index (Phi) is 3.99. The zero-order valence-electron chi connectivity index (χ0n) is 12.6. The average Bonchev–Trinajstić information content (AvgIpc) is 2.96. The molecule has 122 valence electrons. The standard InChI is InChI=1S/C14H16Cl2N6O/c1-7(2)6-21-11(17)12(18)22(14-13(21)19-23-20-14)8-3-4-9(15)10(16)5-8/h3-5,7H,6,17-18H2,1-2H3. The van der Waals surface area contributed by atoms with Gasteiger partial charge in [-0.2, -0.15) is 0 Å². The van der Waals surface area contributed by atoms with Crippen LogP contribution in [0.2, 0.25) is 10.0 Å². The molecule has 0 bridgehead atoms. The van der Waals surface area contributed by atoms with Crippen LogP contribution in [-0.4, -0.2) is 16.9 Å². The van der Waals surface area contributed by atoms with Gasteiger partial charge in [0.2, 0.25) is 11.6 Å². The summed E-state index contributed by atoms with van der Waals surface area (Å²) in [6, 6.07) is 5.13. The largest absolute Gasteiger partial charge is 0.382 e. The molecule has 2 aromatic rings. The van der Waals surface area contributed by atoms with Crippen LogP contribution in [0.1, 0.15) is 13.8 Å². The van der Waals surface area contributed by atoms with Gasteiger partial charge in [0.15, 0.2) is 5.82 Å². The maximum atomic E-state index is 6.24. The topological polar surface area (TPSA) is 97.4 Å². The molecule has 0 saturated heterocycles. The summed E-state index contributed by atoms with van der Waals surface area (Å²) in [4.78, 5) is 3.43. The van der Waals surface area contributed by atoms with Crippen LogP contribution in [0.25, 0.3) is 0 Å². The highest BCUT2D eigenvalue weighted by molar-refractivity contribution is 6.42. The number of nitrogens with two attached hydrogens (primary N) is 2. The number of nitrogens with zero attached hydrogens (tertiary/aromatic N) is 4. The number of rotatable bonds is 3. The number of anilines is 3. The molecular weight excluding hydrogens is 339 g/mol. The molecule has 7 nitrogen and oxygen atoms in total. The number of fused-ring (bicyclic) bond motifs is 1. The van der Waals surface area contributed by atoms with Crippen molar-refractivity contribution in [3.8, 4) is 0 Å². The van der Waals surface area contributed by atoms with Gasteiger partial charge in [-0.05, 0) is 34.4 Å². The van der Waals surface area contributed by atoms with Crippen molar-refractivity contribution in [2.45, 2.75) is 13.8 Å². The van der Waals surface area contributed by atoms with Crippen molar-refractivity contribution in [3.63, 3.8) is 0 Å². The third-order valence-corrected chi connectivity index (χ3v) is 4.16. The molecule has 0 saturated carbocycles. The lowest BCUT2D eigenvalue weighted by Gasteiger charge is -2.34. The lowest BCUT2D eigenvalue weighted by atomic mass is 10.2. The minimum absolute atomic E-state index is 0.326. The molecule has 0 fully saturated rings. The maximum absolute atomic E-state index is 6.24. The van der Waals surface area contributed by atoms with Gasteiger partial charge in [0.05, 0.1) is 15.7 Å². The summed E-state index contributed by atoms with van der Waals surface area (Å²) in [7, 11) is 0. The molecule has 1 aliphatic rings. The Hall–Kier alpha value is -2.12. The Morgan fingerprint density at radius 2 is 1.78 bits per heavy atom. The zero-order valence-corrected chi connectivity index (χ0v) is 14.1. The number of hydrogen-bond acceptors (Lipinski definition) is 7. The fraction of sp³-hybridized carbons (Fsp3) is 0.286. The first-order valence-electron chi connectivity index (χ1n) is 7.00. The van der Waals surface area contributed by atoms with E-state index >= 15 is 0 Å². The second kappa shape index (κ2) is 5.82. The van der Waals surface area contributed by atoms with E-state index in [1.54, 1.807) is 28.0 Å². The first-order chi connectivity index (χ1) is 10.9. The molecule has 2 heterocycles. The third kappa shape index (κ3) is 2.66. The van der Waals surface area contributed by atoms with E-state index in [9.17, 15) is 0 Å². The van der Waals surface area contributed by atoms with Crippen LogP contribution in [0.4, 0.5) is 17.3 Å². The molecule has 4 N–H and O–H groups in total. The summed E-state index contributed by atoms with van der Waals surface area (Å²) in [5.74, 6) is 2.02. The molecule has 0 amide bonds. The number of halogens is 2. The summed E-state index contributed by atoms with van der Waals surface area (Å²) < 4.78 is 4.90. The maximum Gasteiger partial charge on any atom is 0.228 e. The smallest absolute Gasteiger partial charge is 0.228 e. The normalized spacial score (nSPS) is 14.7. The molecular formula is C14H16Cl2N6O. The number of benzene rings is 1. The van der Waals surface area contributed by atoms with Gasteiger partial charge in [-0.3, -0.25) is 4.90 Å². The Labute approximate surface area is 143 Å². The Balaban J connectivity index is 2.12. The highest BCUT2D eigenvalue weighted by atomic mass is 35.5. The third-order valence-electron chi connectivity index (χ3n) is 3.43. The van der Waals surface area contributed by atoms with E-state index in [4.69, 9.17) is 39.3 Å². The van der Waals surface area contributed by atoms with Gasteiger partial charge in [-0.25, -0.2) is 4.63 Å². The Morgan fingerprint density at radius 1 is 1.09 bits per heavy atom. The van der Waals surface area contributed by atoms with Gasteiger partial charge in [-0.1, -0.05) is 37.0 Å². The molecule has 1 aromatic carbocycles. The molecule has 0 radical (unpaired) electrons. The molecule has 0 spiro atoms. The average molecular weight is 355 g/mol. The first kappa shape index (κ1) is 15.8. The van der Waals surface area contributed by atoms with E-state index in [0.29, 0.717) is 51.5 Å². The number of hydrogen-bond donors (Lipinski definition) is 2. The molecule has 3 rings (SSSR count). The van der Waals surface area contributed by atoms with Crippen LogP contribution in [0.3, 0.4) is 0 Å². The van der Waals surface area contributed by atoms with Crippen LogP contribution in [-0.2, 0) is 0 Å². The van der Waals surface area contributed by atoms with Gasteiger partial charge in [-0.15, -0.1) is 0 Å². The van der Waals surface area contributed by atoms with E-state index in [1.165, 1.54) is 0 Å². The van der Waals surface area contributed by atoms with Crippen molar-refractivity contribution in [3.05, 3.63) is 39.9 Å². The summed E-state index contributed by atoms with van der Waals surface area (Å²) in [6.07, 6.45) is 0. The van der Waals surface area contributed by atoms with Crippen molar-refractivity contribution in [2.75, 3.05) is 16.3 Å². The molecule has 23 heavy (non-hydrogen) atoms. The summed E-state index contributed by atoms with van der Waals surface area (Å²) in [6.45, 7) is 4.78. The van der Waals surface area contributed by atoms with E-state index in [1.807, 2.05) is 0 Å². The van der Waals surface area contributed by atoms with Crippen LogP contribution in [0, 0.1) is 5.92 Å². The van der Waals surface area contributed by atoms with Crippen LogP contribution < -0.4 is 21.3 Å². The predicted octanol–water partition coefficient (Wildman–Crippen LogP) is 3.03. The van der Waals surface area contributed by atoms with E-state index in [-0.39, 0.29) is 0 Å². The lowest BCUT2D eigenvalue weighted by Crippen LogP contribution is -2.42. The molecule has 1 aromatic heterocycles. The van der Waals surface area contributed by atoms with Crippen molar-refractivity contribution < 1.29 is 4.63 Å². The van der Waals surface area contributed by atoms with E-state index in [2.05, 4.69) is 24.2 Å². The minimum Gasteiger partial charge on any atom is -0.382 e. The minimum atomic E-state index is 0.326. The second-order valence-corrected chi connectivity index (χ2v) is 6.43.